The normalized spacial score (nSPS) is 17.6. The lowest BCUT2D eigenvalue weighted by Gasteiger charge is -2.09. The fourth-order valence-electron chi connectivity index (χ4n) is 2.50. The third-order valence-electron chi connectivity index (χ3n) is 3.71. The number of carbonyl (C=O) groups excluding carboxylic acids is 1. The fraction of sp³-hybridized carbons (Fsp3) is 0.375. The highest BCUT2D eigenvalue weighted by Gasteiger charge is 2.16. The molecule has 1 unspecified atom stereocenters. The Kier molecular flexibility index (Phi) is 4.90. The molecule has 1 saturated heterocycles. The van der Waals surface area contributed by atoms with Crippen molar-refractivity contribution in [2.45, 2.75) is 25.4 Å². The van der Waals surface area contributed by atoms with Crippen LogP contribution in [-0.2, 0) is 4.74 Å². The van der Waals surface area contributed by atoms with Gasteiger partial charge < -0.3 is 10.1 Å². The van der Waals surface area contributed by atoms with Crippen LogP contribution in [0.15, 0.2) is 41.1 Å². The maximum absolute atomic E-state index is 12.1. The van der Waals surface area contributed by atoms with Gasteiger partial charge in [-0.05, 0) is 43.5 Å². The van der Waals surface area contributed by atoms with Gasteiger partial charge in [0.1, 0.15) is 0 Å². The summed E-state index contributed by atoms with van der Waals surface area (Å²) >= 11 is 3.40. The number of halogens is 1. The topological polar surface area (TPSA) is 56.1 Å². The van der Waals surface area contributed by atoms with Crippen LogP contribution < -0.4 is 5.32 Å². The summed E-state index contributed by atoms with van der Waals surface area (Å²) in [6.07, 6.45) is 6.71. The van der Waals surface area contributed by atoms with E-state index in [4.69, 9.17) is 4.74 Å². The number of carbonyl (C=O) groups is 1. The second-order valence-electron chi connectivity index (χ2n) is 5.33. The van der Waals surface area contributed by atoms with E-state index in [0.717, 1.165) is 36.0 Å². The van der Waals surface area contributed by atoms with Crippen molar-refractivity contribution in [3.05, 3.63) is 46.7 Å². The summed E-state index contributed by atoms with van der Waals surface area (Å²) in [7, 11) is 0. The first-order valence-corrected chi connectivity index (χ1v) is 8.22. The van der Waals surface area contributed by atoms with Crippen molar-refractivity contribution in [1.82, 2.24) is 15.1 Å². The zero-order valence-electron chi connectivity index (χ0n) is 12.2. The van der Waals surface area contributed by atoms with Gasteiger partial charge in [0.15, 0.2) is 0 Å². The van der Waals surface area contributed by atoms with Crippen LogP contribution in [0.5, 0.6) is 0 Å². The lowest BCUT2D eigenvalue weighted by molar-refractivity contribution is 0.0907. The van der Waals surface area contributed by atoms with Gasteiger partial charge in [-0.1, -0.05) is 15.9 Å². The number of rotatable bonds is 5. The van der Waals surface area contributed by atoms with Gasteiger partial charge in [0.25, 0.3) is 5.91 Å². The molecule has 1 aromatic heterocycles. The molecule has 1 atom stereocenters. The Balaban J connectivity index is 1.55. The van der Waals surface area contributed by atoms with Crippen molar-refractivity contribution in [2.75, 3.05) is 13.2 Å². The first-order valence-electron chi connectivity index (χ1n) is 7.43. The third-order valence-corrected chi connectivity index (χ3v) is 4.24. The predicted octanol–water partition coefficient (Wildman–Crippen LogP) is 2.93. The molecule has 2 heterocycles. The summed E-state index contributed by atoms with van der Waals surface area (Å²) in [5.74, 6) is -0.0960. The van der Waals surface area contributed by atoms with Crippen LogP contribution in [0.3, 0.4) is 0 Å². The molecule has 2 aromatic rings. The van der Waals surface area contributed by atoms with E-state index in [1.165, 1.54) is 0 Å². The highest BCUT2D eigenvalue weighted by atomic mass is 79.9. The molecule has 1 amide bonds. The number of amides is 1. The van der Waals surface area contributed by atoms with E-state index in [0.29, 0.717) is 18.2 Å². The number of benzene rings is 1. The van der Waals surface area contributed by atoms with Crippen LogP contribution in [0, 0.1) is 0 Å². The molecule has 1 fully saturated rings. The van der Waals surface area contributed by atoms with Crippen LogP contribution in [0.4, 0.5) is 0 Å². The lowest BCUT2D eigenvalue weighted by Crippen LogP contribution is -2.26. The first kappa shape index (κ1) is 15.2. The van der Waals surface area contributed by atoms with Crippen LogP contribution >= 0.6 is 15.9 Å². The maximum Gasteiger partial charge on any atom is 0.254 e. The molecule has 5 nitrogen and oxygen atoms in total. The number of ether oxygens (including phenoxy) is 1. The minimum Gasteiger partial charge on any atom is -0.378 e. The summed E-state index contributed by atoms with van der Waals surface area (Å²) in [4.78, 5) is 12.1. The zero-order chi connectivity index (χ0) is 15.4. The predicted molar refractivity (Wildman–Crippen MR) is 87.2 cm³/mol. The minimum atomic E-state index is -0.0960. The number of nitrogens with one attached hydrogen (secondary N) is 1. The summed E-state index contributed by atoms with van der Waals surface area (Å²) in [6, 6.07) is 7.77. The van der Waals surface area contributed by atoms with E-state index >= 15 is 0 Å². The van der Waals surface area contributed by atoms with Gasteiger partial charge in [-0.15, -0.1) is 0 Å². The quantitative estimate of drug-likeness (QED) is 0.888. The van der Waals surface area contributed by atoms with Crippen molar-refractivity contribution < 1.29 is 9.53 Å². The molecule has 0 spiro atoms. The number of nitrogens with zero attached hydrogens (tertiary/aromatic N) is 2. The van der Waals surface area contributed by atoms with E-state index in [-0.39, 0.29) is 5.91 Å². The van der Waals surface area contributed by atoms with Crippen LogP contribution in [0.25, 0.3) is 5.69 Å². The Morgan fingerprint density at radius 2 is 2.23 bits per heavy atom. The molecule has 6 heteroatoms. The summed E-state index contributed by atoms with van der Waals surface area (Å²) in [5.41, 5.74) is 1.48. The Hall–Kier alpha value is -1.66. The molecule has 1 aliphatic rings. The fourth-order valence-corrected chi connectivity index (χ4v) is 2.76. The SMILES string of the molecule is O=C(NCCC1CCCO1)c1cnn(-c2ccc(Br)cc2)c1. The molecule has 1 aromatic carbocycles. The van der Waals surface area contributed by atoms with Gasteiger partial charge in [0.2, 0.25) is 0 Å². The Morgan fingerprint density at radius 1 is 1.41 bits per heavy atom. The Labute approximate surface area is 137 Å². The monoisotopic (exact) mass is 363 g/mol. The first-order chi connectivity index (χ1) is 10.7. The Bertz CT molecular complexity index is 633. The highest BCUT2D eigenvalue weighted by Crippen LogP contribution is 2.15. The van der Waals surface area contributed by atoms with Gasteiger partial charge in [-0.2, -0.15) is 5.10 Å². The number of aromatic nitrogens is 2. The molecule has 3 rings (SSSR count). The van der Waals surface area contributed by atoms with E-state index < -0.39 is 0 Å². The molecule has 116 valence electrons. The standard InChI is InChI=1S/C16H18BrN3O2/c17-13-3-5-14(6-4-13)20-11-12(10-19-20)16(21)18-8-7-15-2-1-9-22-15/h3-6,10-11,15H,1-2,7-9H2,(H,18,21). The molecule has 0 bridgehead atoms. The van der Waals surface area contributed by atoms with E-state index in [2.05, 4.69) is 26.3 Å². The molecule has 0 aliphatic carbocycles. The second-order valence-corrected chi connectivity index (χ2v) is 6.25. The number of hydrogen-bond acceptors (Lipinski definition) is 3. The molecule has 22 heavy (non-hydrogen) atoms. The molecule has 1 N–H and O–H groups in total. The molecule has 0 saturated carbocycles. The average Bonchev–Trinajstić information content (AvgIpc) is 3.19. The van der Waals surface area contributed by atoms with Crippen molar-refractivity contribution in [1.29, 1.82) is 0 Å². The van der Waals surface area contributed by atoms with Gasteiger partial charge in [-0.25, -0.2) is 4.68 Å². The lowest BCUT2D eigenvalue weighted by atomic mass is 10.2. The number of hydrogen-bond donors (Lipinski definition) is 1. The van der Waals surface area contributed by atoms with Crippen molar-refractivity contribution in [3.63, 3.8) is 0 Å². The van der Waals surface area contributed by atoms with Crippen molar-refractivity contribution in [2.24, 2.45) is 0 Å². The summed E-state index contributed by atoms with van der Waals surface area (Å²) in [5, 5.41) is 7.16. The zero-order valence-corrected chi connectivity index (χ0v) is 13.8. The molecular weight excluding hydrogens is 346 g/mol. The van der Waals surface area contributed by atoms with E-state index in [1.807, 2.05) is 24.3 Å². The van der Waals surface area contributed by atoms with Crippen LogP contribution in [0.2, 0.25) is 0 Å². The third kappa shape index (κ3) is 3.75. The van der Waals surface area contributed by atoms with Crippen LogP contribution in [-0.4, -0.2) is 34.9 Å². The summed E-state index contributed by atoms with van der Waals surface area (Å²) in [6.45, 7) is 1.48. The summed E-state index contributed by atoms with van der Waals surface area (Å²) < 4.78 is 8.25. The Morgan fingerprint density at radius 3 is 2.95 bits per heavy atom. The van der Waals surface area contributed by atoms with Crippen molar-refractivity contribution in [3.8, 4) is 5.69 Å². The maximum atomic E-state index is 12.1. The van der Waals surface area contributed by atoms with Gasteiger partial charge in [-0.3, -0.25) is 4.79 Å². The minimum absolute atomic E-state index is 0.0960. The molecule has 0 radical (unpaired) electrons. The second kappa shape index (κ2) is 7.07. The molecule has 1 aliphatic heterocycles. The molecular formula is C16H18BrN3O2. The highest BCUT2D eigenvalue weighted by molar-refractivity contribution is 9.10. The van der Waals surface area contributed by atoms with Crippen LogP contribution in [0.1, 0.15) is 29.6 Å². The van der Waals surface area contributed by atoms with Gasteiger partial charge in [0.05, 0.1) is 23.6 Å². The van der Waals surface area contributed by atoms with Gasteiger partial charge in [0, 0.05) is 23.8 Å². The largest absolute Gasteiger partial charge is 0.378 e. The van der Waals surface area contributed by atoms with Gasteiger partial charge >= 0.3 is 0 Å². The smallest absolute Gasteiger partial charge is 0.254 e. The van der Waals surface area contributed by atoms with Crippen molar-refractivity contribution >= 4 is 21.8 Å². The van der Waals surface area contributed by atoms with E-state index in [9.17, 15) is 4.79 Å². The van der Waals surface area contributed by atoms with E-state index in [1.54, 1.807) is 17.1 Å². The average molecular weight is 364 g/mol.